The van der Waals surface area contributed by atoms with Gasteiger partial charge in [0.2, 0.25) is 5.78 Å². The van der Waals surface area contributed by atoms with Crippen molar-refractivity contribution < 1.29 is 9.90 Å². The molecule has 36 heavy (non-hydrogen) atoms. The van der Waals surface area contributed by atoms with Gasteiger partial charge in [0.1, 0.15) is 5.76 Å². The van der Waals surface area contributed by atoms with Gasteiger partial charge >= 0.3 is 0 Å². The van der Waals surface area contributed by atoms with Crippen LogP contribution in [0.1, 0.15) is 66.9 Å². The Morgan fingerprint density at radius 1 is 0.833 bits per heavy atom. The van der Waals surface area contributed by atoms with E-state index in [1.165, 1.54) is 27.8 Å². The van der Waals surface area contributed by atoms with Gasteiger partial charge in [0, 0.05) is 16.5 Å². The number of Topliss-reactive ketones (excluding diaryl/α,β-unsaturated/α-hetero) is 1. The topological polar surface area (TPSA) is 65.5 Å². The van der Waals surface area contributed by atoms with E-state index in [0.717, 1.165) is 29.8 Å². The Hall–Kier alpha value is -3.92. The summed E-state index contributed by atoms with van der Waals surface area (Å²) in [5.74, 6) is -0.106. The molecule has 2 N–H and O–H groups in total. The number of carbonyl (C=O) groups excluding carboxylic acids is 1. The Balaban J connectivity index is 1.30. The Labute approximate surface area is 210 Å². The number of ketones is 1. The van der Waals surface area contributed by atoms with E-state index in [0.29, 0.717) is 22.5 Å². The lowest BCUT2D eigenvalue weighted by Gasteiger charge is -2.34. The second kappa shape index (κ2) is 6.85. The van der Waals surface area contributed by atoms with Crippen molar-refractivity contribution in [3.8, 4) is 0 Å². The normalized spacial score (nSPS) is 22.7. The third-order valence-corrected chi connectivity index (χ3v) is 8.56. The predicted octanol–water partition coefficient (Wildman–Crippen LogP) is 6.27. The molecule has 2 aromatic carbocycles. The van der Waals surface area contributed by atoms with Crippen molar-refractivity contribution in [3.63, 3.8) is 0 Å². The van der Waals surface area contributed by atoms with Crippen molar-refractivity contribution in [3.05, 3.63) is 122 Å². The van der Waals surface area contributed by atoms with E-state index in [9.17, 15) is 9.90 Å². The highest BCUT2D eigenvalue weighted by Crippen LogP contribution is 2.47. The van der Waals surface area contributed by atoms with Crippen LogP contribution in [0.15, 0.2) is 88.3 Å². The van der Waals surface area contributed by atoms with Crippen LogP contribution in [-0.4, -0.2) is 21.6 Å². The Morgan fingerprint density at radius 2 is 1.47 bits per heavy atom. The number of aromatic nitrogens is 1. The van der Waals surface area contributed by atoms with Gasteiger partial charge in [0.25, 0.3) is 0 Å². The van der Waals surface area contributed by atoms with Gasteiger partial charge in [-0.2, -0.15) is 0 Å². The standard InChI is InChI=1S/C32H28N2O2/c1-31(2)21-11-7-5-9-17(21)13-19-15-23(33-29(19)31)25-27(35)26(28(25)36)24-16-20-14-18-10-6-8-12-22(18)32(3,4)30(20)34-24/h5-12,15-16,33,35H,13-14H2,1-4H3/b26-24-. The van der Waals surface area contributed by atoms with Crippen LogP contribution >= 0.6 is 0 Å². The second-order valence-electron chi connectivity index (χ2n) is 11.4. The maximum atomic E-state index is 13.4. The summed E-state index contributed by atoms with van der Waals surface area (Å²) in [4.78, 5) is 21.9. The van der Waals surface area contributed by atoms with Crippen LogP contribution in [0.2, 0.25) is 0 Å². The zero-order valence-electron chi connectivity index (χ0n) is 21.0. The number of benzene rings is 2. The maximum Gasteiger partial charge on any atom is 0.204 e. The molecule has 0 saturated carbocycles. The number of hydrogen-bond acceptors (Lipinski definition) is 3. The lowest BCUT2D eigenvalue weighted by molar-refractivity contribution is -0.111. The molecule has 0 atom stereocenters. The molecule has 0 spiro atoms. The number of H-pyrrole nitrogens is 1. The molecule has 2 heterocycles. The molecule has 0 amide bonds. The first-order chi connectivity index (χ1) is 17.2. The fourth-order valence-electron chi connectivity index (χ4n) is 6.72. The molecule has 178 valence electrons. The van der Waals surface area contributed by atoms with Crippen LogP contribution in [0.3, 0.4) is 0 Å². The third kappa shape index (κ3) is 2.64. The maximum absolute atomic E-state index is 13.4. The highest BCUT2D eigenvalue weighted by atomic mass is 16.3. The summed E-state index contributed by atoms with van der Waals surface area (Å²) >= 11 is 0. The average Bonchev–Trinajstić information content (AvgIpc) is 3.45. The van der Waals surface area contributed by atoms with Crippen molar-refractivity contribution in [2.24, 2.45) is 4.99 Å². The zero-order chi connectivity index (χ0) is 25.0. The minimum atomic E-state index is -0.253. The first-order valence-electron chi connectivity index (χ1n) is 12.6. The molecular weight excluding hydrogens is 444 g/mol. The number of carbonyl (C=O) groups is 1. The average molecular weight is 473 g/mol. The molecule has 3 aromatic rings. The molecule has 4 aliphatic rings. The van der Waals surface area contributed by atoms with Gasteiger partial charge in [-0.05, 0) is 58.4 Å². The van der Waals surface area contributed by atoms with E-state index in [2.05, 4.69) is 81.2 Å². The van der Waals surface area contributed by atoms with E-state index in [1.54, 1.807) is 0 Å². The zero-order valence-corrected chi connectivity index (χ0v) is 21.0. The lowest BCUT2D eigenvalue weighted by atomic mass is 9.69. The van der Waals surface area contributed by atoms with Gasteiger partial charge in [0.15, 0.2) is 0 Å². The monoisotopic (exact) mass is 472 g/mol. The van der Waals surface area contributed by atoms with Gasteiger partial charge in [-0.3, -0.25) is 9.79 Å². The number of fused-ring (bicyclic) bond motifs is 4. The third-order valence-electron chi connectivity index (χ3n) is 8.56. The summed E-state index contributed by atoms with van der Waals surface area (Å²) in [5.41, 5.74) is 11.1. The van der Waals surface area contributed by atoms with E-state index < -0.39 is 0 Å². The number of aromatic amines is 1. The number of nitrogens with zero attached hydrogens (tertiary/aromatic N) is 1. The van der Waals surface area contributed by atoms with Crippen LogP contribution in [0.4, 0.5) is 0 Å². The SMILES string of the molecule is CC1(C)C2=N/C(=C3\C(=O)C(c4cc5c([nH]4)C(C)(C)c4ccccc4C5)=C3O)C=C2Cc2ccccc21. The van der Waals surface area contributed by atoms with Crippen LogP contribution < -0.4 is 0 Å². The van der Waals surface area contributed by atoms with Crippen molar-refractivity contribution in [1.29, 1.82) is 0 Å². The largest absolute Gasteiger partial charge is 0.506 e. The molecule has 1 aromatic heterocycles. The first kappa shape index (κ1) is 21.4. The molecule has 0 unspecified atom stereocenters. The predicted molar refractivity (Wildman–Crippen MR) is 142 cm³/mol. The minimum Gasteiger partial charge on any atom is -0.506 e. The van der Waals surface area contributed by atoms with Gasteiger partial charge in [-0.15, -0.1) is 0 Å². The molecule has 0 bridgehead atoms. The summed E-state index contributed by atoms with van der Waals surface area (Å²) in [6.07, 6.45) is 3.60. The van der Waals surface area contributed by atoms with Crippen molar-refractivity contribution >= 4 is 17.1 Å². The molecular formula is C32H28N2O2. The van der Waals surface area contributed by atoms with E-state index in [4.69, 9.17) is 4.99 Å². The minimum absolute atomic E-state index is 0.0408. The van der Waals surface area contributed by atoms with Crippen molar-refractivity contribution in [2.75, 3.05) is 0 Å². The number of hydrogen-bond donors (Lipinski definition) is 2. The second-order valence-corrected chi connectivity index (χ2v) is 11.4. The molecule has 7 rings (SSSR count). The fourth-order valence-corrected chi connectivity index (χ4v) is 6.72. The lowest BCUT2D eigenvalue weighted by Crippen LogP contribution is -2.35. The van der Waals surface area contributed by atoms with Crippen molar-refractivity contribution in [1.82, 2.24) is 4.98 Å². The number of aliphatic hydroxyl groups excluding tert-OH is 1. The smallest absolute Gasteiger partial charge is 0.204 e. The van der Waals surface area contributed by atoms with Crippen LogP contribution in [-0.2, 0) is 28.5 Å². The Morgan fingerprint density at radius 3 is 2.17 bits per heavy atom. The first-order valence-corrected chi connectivity index (χ1v) is 12.6. The van der Waals surface area contributed by atoms with E-state index in [1.807, 2.05) is 12.1 Å². The van der Waals surface area contributed by atoms with Crippen LogP contribution in [0.5, 0.6) is 0 Å². The summed E-state index contributed by atoms with van der Waals surface area (Å²) in [6, 6.07) is 19.0. The molecule has 4 heteroatoms. The molecule has 0 fully saturated rings. The number of aliphatic imine (C=N–C) groups is 1. The molecule has 4 nitrogen and oxygen atoms in total. The summed E-state index contributed by atoms with van der Waals surface area (Å²) < 4.78 is 0. The molecule has 0 radical (unpaired) electrons. The fraction of sp³-hybridized carbons (Fsp3) is 0.250. The van der Waals surface area contributed by atoms with Gasteiger partial charge < -0.3 is 10.1 Å². The number of nitrogens with one attached hydrogen (secondary N) is 1. The van der Waals surface area contributed by atoms with Gasteiger partial charge in [-0.25, -0.2) is 0 Å². The van der Waals surface area contributed by atoms with Crippen LogP contribution in [0.25, 0.3) is 5.57 Å². The molecule has 1 aliphatic heterocycles. The Kier molecular flexibility index (Phi) is 4.07. The molecule has 3 aliphatic carbocycles. The summed E-state index contributed by atoms with van der Waals surface area (Å²) in [5, 5.41) is 11.1. The number of rotatable bonds is 1. The van der Waals surface area contributed by atoms with Gasteiger partial charge in [0.05, 0.1) is 28.2 Å². The van der Waals surface area contributed by atoms with E-state index >= 15 is 0 Å². The Bertz CT molecular complexity index is 1650. The number of allylic oxidation sites excluding steroid dienone is 4. The van der Waals surface area contributed by atoms with E-state index in [-0.39, 0.29) is 22.4 Å². The van der Waals surface area contributed by atoms with Crippen LogP contribution in [0, 0.1) is 0 Å². The summed E-state index contributed by atoms with van der Waals surface area (Å²) in [6.45, 7) is 8.77. The highest BCUT2D eigenvalue weighted by Gasteiger charge is 2.43. The highest BCUT2D eigenvalue weighted by molar-refractivity contribution is 6.39. The number of aliphatic hydroxyl groups is 1. The molecule has 0 saturated heterocycles. The quantitative estimate of drug-likeness (QED) is 0.410. The van der Waals surface area contributed by atoms with Gasteiger partial charge in [-0.1, -0.05) is 76.2 Å². The summed E-state index contributed by atoms with van der Waals surface area (Å²) in [7, 11) is 0. The van der Waals surface area contributed by atoms with Crippen molar-refractivity contribution in [2.45, 2.75) is 51.4 Å².